The number of halogens is 1. The molecule has 0 aromatic heterocycles. The molecule has 12 heavy (non-hydrogen) atoms. The Balaban J connectivity index is 4.04. The second-order valence-corrected chi connectivity index (χ2v) is 5.77. The summed E-state index contributed by atoms with van der Waals surface area (Å²) in [6.07, 6.45) is 4.70. The summed E-state index contributed by atoms with van der Waals surface area (Å²) in [5.74, 6) is 0. The predicted octanol–water partition coefficient (Wildman–Crippen LogP) is 4.61. The quantitative estimate of drug-likeness (QED) is 0.556. The number of rotatable bonds is 5. The standard InChI is InChI=1S/C11H23Cl/c1-6-8-10(3,4)9-11(5,12)7-2/h6-9H2,1-5H3. The molecule has 0 N–H and O–H groups in total. The van der Waals surface area contributed by atoms with Gasteiger partial charge in [-0.1, -0.05) is 34.1 Å². The van der Waals surface area contributed by atoms with Gasteiger partial charge in [-0.3, -0.25) is 0 Å². The van der Waals surface area contributed by atoms with E-state index in [4.69, 9.17) is 11.6 Å². The Hall–Kier alpha value is 0.290. The Morgan fingerprint density at radius 2 is 1.58 bits per heavy atom. The number of hydrogen-bond acceptors (Lipinski definition) is 0. The van der Waals surface area contributed by atoms with Gasteiger partial charge in [-0.2, -0.15) is 0 Å². The molecule has 0 saturated heterocycles. The minimum absolute atomic E-state index is 0.00132. The second-order valence-electron chi connectivity index (χ2n) is 4.86. The van der Waals surface area contributed by atoms with Gasteiger partial charge in [0.25, 0.3) is 0 Å². The van der Waals surface area contributed by atoms with E-state index in [1.807, 2.05) is 0 Å². The first kappa shape index (κ1) is 12.3. The van der Waals surface area contributed by atoms with Crippen molar-refractivity contribution in [3.05, 3.63) is 0 Å². The van der Waals surface area contributed by atoms with Crippen molar-refractivity contribution in [1.29, 1.82) is 0 Å². The van der Waals surface area contributed by atoms with Crippen LogP contribution in [0.2, 0.25) is 0 Å². The van der Waals surface area contributed by atoms with Crippen LogP contribution in [0.5, 0.6) is 0 Å². The van der Waals surface area contributed by atoms with Gasteiger partial charge in [0.15, 0.2) is 0 Å². The maximum Gasteiger partial charge on any atom is 0.0421 e. The van der Waals surface area contributed by atoms with E-state index in [1.54, 1.807) is 0 Å². The first-order valence-corrected chi connectivity index (χ1v) is 5.40. The van der Waals surface area contributed by atoms with Crippen LogP contribution in [0.3, 0.4) is 0 Å². The molecular formula is C11H23Cl. The highest BCUT2D eigenvalue weighted by Crippen LogP contribution is 2.37. The molecule has 0 amide bonds. The van der Waals surface area contributed by atoms with Gasteiger partial charge < -0.3 is 0 Å². The summed E-state index contributed by atoms with van der Waals surface area (Å²) in [5, 5.41) is 0. The van der Waals surface area contributed by atoms with Crippen molar-refractivity contribution < 1.29 is 0 Å². The Bertz CT molecular complexity index is 125. The van der Waals surface area contributed by atoms with Crippen LogP contribution in [-0.4, -0.2) is 4.87 Å². The van der Waals surface area contributed by atoms with E-state index in [-0.39, 0.29) is 4.87 Å². The second kappa shape index (κ2) is 4.50. The van der Waals surface area contributed by atoms with Crippen molar-refractivity contribution in [2.24, 2.45) is 5.41 Å². The molecule has 74 valence electrons. The van der Waals surface area contributed by atoms with E-state index in [9.17, 15) is 0 Å². The molecule has 1 heteroatoms. The van der Waals surface area contributed by atoms with Gasteiger partial charge in [0.2, 0.25) is 0 Å². The van der Waals surface area contributed by atoms with Crippen LogP contribution < -0.4 is 0 Å². The van der Waals surface area contributed by atoms with Crippen molar-refractivity contribution in [3.63, 3.8) is 0 Å². The van der Waals surface area contributed by atoms with Gasteiger partial charge in [0.1, 0.15) is 0 Å². The van der Waals surface area contributed by atoms with Gasteiger partial charge in [0, 0.05) is 4.87 Å². The fourth-order valence-electron chi connectivity index (χ4n) is 1.89. The maximum absolute atomic E-state index is 6.34. The predicted molar refractivity (Wildman–Crippen MR) is 57.9 cm³/mol. The third kappa shape index (κ3) is 5.03. The molecule has 1 atom stereocenters. The van der Waals surface area contributed by atoms with Crippen LogP contribution in [0.1, 0.15) is 60.3 Å². The Kier molecular flexibility index (Phi) is 4.61. The van der Waals surface area contributed by atoms with Crippen molar-refractivity contribution in [2.75, 3.05) is 0 Å². The third-order valence-electron chi connectivity index (χ3n) is 2.51. The molecule has 0 aromatic rings. The average molecular weight is 191 g/mol. The summed E-state index contributed by atoms with van der Waals surface area (Å²) in [4.78, 5) is -0.00132. The molecule has 0 fully saturated rings. The van der Waals surface area contributed by atoms with E-state index in [1.165, 1.54) is 12.8 Å². The first-order valence-electron chi connectivity index (χ1n) is 5.02. The molecule has 1 unspecified atom stereocenters. The van der Waals surface area contributed by atoms with Crippen molar-refractivity contribution >= 4 is 11.6 Å². The van der Waals surface area contributed by atoms with Gasteiger partial charge in [-0.25, -0.2) is 0 Å². The molecule has 0 spiro atoms. The van der Waals surface area contributed by atoms with Crippen LogP contribution in [0, 0.1) is 5.41 Å². The molecule has 0 radical (unpaired) electrons. The molecule has 0 aliphatic heterocycles. The Morgan fingerprint density at radius 1 is 1.08 bits per heavy atom. The highest BCUT2D eigenvalue weighted by Gasteiger charge is 2.28. The largest absolute Gasteiger partial charge is 0.120 e. The normalized spacial score (nSPS) is 17.5. The minimum atomic E-state index is -0.00132. The lowest BCUT2D eigenvalue weighted by Gasteiger charge is -2.32. The molecule has 0 aromatic carbocycles. The fraction of sp³-hybridized carbons (Fsp3) is 1.00. The SMILES string of the molecule is CCCC(C)(C)CC(C)(Cl)CC. The van der Waals surface area contributed by atoms with E-state index in [0.29, 0.717) is 5.41 Å². The van der Waals surface area contributed by atoms with E-state index >= 15 is 0 Å². The van der Waals surface area contributed by atoms with Gasteiger partial charge in [0.05, 0.1) is 0 Å². The molecular weight excluding hydrogens is 168 g/mol. The lowest BCUT2D eigenvalue weighted by Crippen LogP contribution is -2.25. The Labute approximate surface area is 82.7 Å². The molecule has 0 saturated carbocycles. The first-order chi connectivity index (χ1) is 5.33. The molecule has 0 aliphatic carbocycles. The van der Waals surface area contributed by atoms with Crippen LogP contribution >= 0.6 is 11.6 Å². The smallest absolute Gasteiger partial charge is 0.0421 e. The molecule has 0 heterocycles. The summed E-state index contributed by atoms with van der Waals surface area (Å²) in [6.45, 7) is 11.2. The Morgan fingerprint density at radius 3 is 1.92 bits per heavy atom. The highest BCUT2D eigenvalue weighted by molar-refractivity contribution is 6.23. The third-order valence-corrected chi connectivity index (χ3v) is 2.91. The number of alkyl halides is 1. The summed E-state index contributed by atoms with van der Waals surface area (Å²) in [5.41, 5.74) is 0.404. The molecule has 0 nitrogen and oxygen atoms in total. The molecule has 0 aliphatic rings. The summed E-state index contributed by atoms with van der Waals surface area (Å²) in [6, 6.07) is 0. The average Bonchev–Trinajstić information content (AvgIpc) is 1.85. The van der Waals surface area contributed by atoms with Gasteiger partial charge >= 0.3 is 0 Å². The maximum atomic E-state index is 6.34. The van der Waals surface area contributed by atoms with Crippen molar-refractivity contribution in [1.82, 2.24) is 0 Å². The molecule has 0 bridgehead atoms. The number of hydrogen-bond donors (Lipinski definition) is 0. The van der Waals surface area contributed by atoms with Crippen molar-refractivity contribution in [2.45, 2.75) is 65.2 Å². The van der Waals surface area contributed by atoms with Crippen LogP contribution in [0.25, 0.3) is 0 Å². The van der Waals surface area contributed by atoms with Crippen LogP contribution in [0.15, 0.2) is 0 Å². The summed E-state index contributed by atoms with van der Waals surface area (Å²) in [7, 11) is 0. The van der Waals surface area contributed by atoms with E-state index in [0.717, 1.165) is 12.8 Å². The molecule has 0 rings (SSSR count). The van der Waals surface area contributed by atoms with E-state index < -0.39 is 0 Å². The van der Waals surface area contributed by atoms with Crippen LogP contribution in [-0.2, 0) is 0 Å². The lowest BCUT2D eigenvalue weighted by atomic mass is 9.79. The fourth-order valence-corrected chi connectivity index (χ4v) is 2.25. The summed E-state index contributed by atoms with van der Waals surface area (Å²) >= 11 is 6.34. The summed E-state index contributed by atoms with van der Waals surface area (Å²) < 4.78 is 0. The zero-order chi connectivity index (χ0) is 9.83. The zero-order valence-electron chi connectivity index (χ0n) is 9.21. The monoisotopic (exact) mass is 190 g/mol. The minimum Gasteiger partial charge on any atom is -0.120 e. The highest BCUT2D eigenvalue weighted by atomic mass is 35.5. The van der Waals surface area contributed by atoms with Gasteiger partial charge in [-0.15, -0.1) is 11.6 Å². The van der Waals surface area contributed by atoms with Crippen LogP contribution in [0.4, 0.5) is 0 Å². The van der Waals surface area contributed by atoms with E-state index in [2.05, 4.69) is 34.6 Å². The topological polar surface area (TPSA) is 0 Å². The lowest BCUT2D eigenvalue weighted by molar-refractivity contribution is 0.264. The van der Waals surface area contributed by atoms with Crippen molar-refractivity contribution in [3.8, 4) is 0 Å². The van der Waals surface area contributed by atoms with Gasteiger partial charge in [-0.05, 0) is 31.6 Å². The zero-order valence-corrected chi connectivity index (χ0v) is 9.96.